The van der Waals surface area contributed by atoms with Crippen molar-refractivity contribution >= 4 is 18.3 Å². The number of hydrogen-bond acceptors (Lipinski definition) is 3. The molecular weight excluding hydrogens is 293 g/mol. The Morgan fingerprint density at radius 1 is 1.38 bits per heavy atom. The van der Waals surface area contributed by atoms with Crippen molar-refractivity contribution in [1.82, 2.24) is 10.2 Å². The first kappa shape index (κ1) is 19.8. The lowest BCUT2D eigenvalue weighted by molar-refractivity contribution is -0.122. The van der Waals surface area contributed by atoms with E-state index in [9.17, 15) is 9.18 Å². The molecule has 4 nitrogen and oxygen atoms in total. The van der Waals surface area contributed by atoms with Crippen LogP contribution in [0.4, 0.5) is 4.39 Å². The standard InChI is InChI=1S/C15H24FN3O.ClH/c1-3-4-14(17)15(20)18-9-10-19(2)11-12-5-7-13(16)8-6-12;/h5-8,14H,3-4,9-11,17H2,1-2H3,(H,18,20);1H. The molecule has 0 aromatic heterocycles. The highest BCUT2D eigenvalue weighted by Gasteiger charge is 2.11. The summed E-state index contributed by atoms with van der Waals surface area (Å²) in [6.07, 6.45) is 1.61. The molecule has 0 bridgehead atoms. The van der Waals surface area contributed by atoms with Crippen molar-refractivity contribution in [3.8, 4) is 0 Å². The molecule has 120 valence electrons. The Morgan fingerprint density at radius 2 is 2.00 bits per heavy atom. The first-order chi connectivity index (χ1) is 9.52. The van der Waals surface area contributed by atoms with Gasteiger partial charge in [0.1, 0.15) is 5.82 Å². The Balaban J connectivity index is 0.00000400. The van der Waals surface area contributed by atoms with Gasteiger partial charge in [-0.05, 0) is 31.2 Å². The predicted molar refractivity (Wildman–Crippen MR) is 85.9 cm³/mol. The van der Waals surface area contributed by atoms with Gasteiger partial charge >= 0.3 is 0 Å². The van der Waals surface area contributed by atoms with Crippen molar-refractivity contribution in [3.63, 3.8) is 0 Å². The number of hydrogen-bond donors (Lipinski definition) is 2. The fourth-order valence-corrected chi connectivity index (χ4v) is 1.92. The van der Waals surface area contributed by atoms with Gasteiger partial charge in [0.25, 0.3) is 0 Å². The normalized spacial score (nSPS) is 11.9. The molecule has 1 aromatic carbocycles. The van der Waals surface area contributed by atoms with E-state index >= 15 is 0 Å². The van der Waals surface area contributed by atoms with E-state index < -0.39 is 6.04 Å². The lowest BCUT2D eigenvalue weighted by atomic mass is 10.2. The number of nitrogens with two attached hydrogens (primary N) is 1. The molecule has 1 atom stereocenters. The van der Waals surface area contributed by atoms with Gasteiger partial charge in [-0.25, -0.2) is 4.39 Å². The van der Waals surface area contributed by atoms with Gasteiger partial charge in [0.05, 0.1) is 6.04 Å². The summed E-state index contributed by atoms with van der Waals surface area (Å²) in [5, 5.41) is 2.83. The second kappa shape index (κ2) is 10.5. The average Bonchev–Trinajstić information content (AvgIpc) is 2.41. The number of nitrogens with one attached hydrogen (secondary N) is 1. The molecule has 0 radical (unpaired) electrons. The zero-order chi connectivity index (χ0) is 15.0. The van der Waals surface area contributed by atoms with E-state index in [1.54, 1.807) is 12.1 Å². The highest BCUT2D eigenvalue weighted by molar-refractivity contribution is 5.85. The Kier molecular flexibility index (Phi) is 9.95. The Morgan fingerprint density at radius 3 is 2.57 bits per heavy atom. The highest BCUT2D eigenvalue weighted by Crippen LogP contribution is 2.05. The Bertz CT molecular complexity index is 414. The number of carbonyl (C=O) groups excluding carboxylic acids is 1. The molecule has 0 heterocycles. The van der Waals surface area contributed by atoms with Gasteiger partial charge in [-0.2, -0.15) is 0 Å². The fourth-order valence-electron chi connectivity index (χ4n) is 1.92. The molecule has 3 N–H and O–H groups in total. The van der Waals surface area contributed by atoms with Gasteiger partial charge < -0.3 is 16.0 Å². The van der Waals surface area contributed by atoms with E-state index in [1.807, 2.05) is 14.0 Å². The van der Waals surface area contributed by atoms with E-state index in [2.05, 4.69) is 10.2 Å². The quantitative estimate of drug-likeness (QED) is 0.770. The van der Waals surface area contributed by atoms with Gasteiger partial charge in [0.15, 0.2) is 0 Å². The summed E-state index contributed by atoms with van der Waals surface area (Å²) in [4.78, 5) is 13.7. The van der Waals surface area contributed by atoms with Gasteiger partial charge in [-0.3, -0.25) is 4.79 Å². The van der Waals surface area contributed by atoms with Crippen molar-refractivity contribution < 1.29 is 9.18 Å². The molecule has 0 aliphatic rings. The second-order valence-electron chi connectivity index (χ2n) is 5.05. The SMILES string of the molecule is CCCC(N)C(=O)NCCN(C)Cc1ccc(F)cc1.Cl. The Hall–Kier alpha value is -1.17. The van der Waals surface area contributed by atoms with Crippen LogP contribution in [-0.4, -0.2) is 37.0 Å². The molecule has 21 heavy (non-hydrogen) atoms. The van der Waals surface area contributed by atoms with Gasteiger partial charge in [0, 0.05) is 19.6 Å². The smallest absolute Gasteiger partial charge is 0.236 e. The molecule has 0 aliphatic heterocycles. The Labute approximate surface area is 132 Å². The van der Waals surface area contributed by atoms with Crippen molar-refractivity contribution in [1.29, 1.82) is 0 Å². The van der Waals surface area contributed by atoms with Crippen LogP contribution in [-0.2, 0) is 11.3 Å². The number of nitrogens with zero attached hydrogens (tertiary/aromatic N) is 1. The zero-order valence-corrected chi connectivity index (χ0v) is 13.5. The first-order valence-electron chi connectivity index (χ1n) is 6.99. The molecule has 0 saturated carbocycles. The summed E-state index contributed by atoms with van der Waals surface area (Å²) in [5.74, 6) is -0.324. The third-order valence-electron chi connectivity index (χ3n) is 3.09. The van der Waals surface area contributed by atoms with Crippen LogP contribution in [0.15, 0.2) is 24.3 Å². The zero-order valence-electron chi connectivity index (χ0n) is 12.6. The molecule has 0 saturated heterocycles. The summed E-state index contributed by atoms with van der Waals surface area (Å²) in [6.45, 7) is 4.01. The molecule has 1 aromatic rings. The molecule has 1 rings (SSSR count). The van der Waals surface area contributed by atoms with Crippen molar-refractivity contribution in [2.24, 2.45) is 5.73 Å². The number of rotatable bonds is 8. The molecule has 1 unspecified atom stereocenters. The summed E-state index contributed by atoms with van der Waals surface area (Å²) in [5.41, 5.74) is 6.77. The van der Waals surface area contributed by atoms with E-state index in [0.29, 0.717) is 13.0 Å². The summed E-state index contributed by atoms with van der Waals surface area (Å²) in [7, 11) is 1.96. The molecule has 0 spiro atoms. The second-order valence-corrected chi connectivity index (χ2v) is 5.05. The topological polar surface area (TPSA) is 58.4 Å². The van der Waals surface area contributed by atoms with Gasteiger partial charge in [-0.15, -0.1) is 12.4 Å². The predicted octanol–water partition coefficient (Wildman–Crippen LogP) is 1.92. The average molecular weight is 318 g/mol. The van der Waals surface area contributed by atoms with E-state index in [-0.39, 0.29) is 24.1 Å². The van der Waals surface area contributed by atoms with Gasteiger partial charge in [0.2, 0.25) is 5.91 Å². The molecular formula is C15H25ClFN3O. The largest absolute Gasteiger partial charge is 0.353 e. The summed E-state index contributed by atoms with van der Waals surface area (Å²) < 4.78 is 12.8. The van der Waals surface area contributed by atoms with Crippen molar-refractivity contribution in [3.05, 3.63) is 35.6 Å². The maximum absolute atomic E-state index is 12.8. The van der Waals surface area contributed by atoms with Crippen LogP contribution in [0.1, 0.15) is 25.3 Å². The molecule has 0 fully saturated rings. The lowest BCUT2D eigenvalue weighted by Gasteiger charge is -2.18. The number of amides is 1. The van der Waals surface area contributed by atoms with Crippen LogP contribution >= 0.6 is 12.4 Å². The van der Waals surface area contributed by atoms with Crippen molar-refractivity contribution in [2.45, 2.75) is 32.4 Å². The number of halogens is 2. The minimum absolute atomic E-state index is 0. The number of benzene rings is 1. The van der Waals surface area contributed by atoms with Crippen LogP contribution in [0.25, 0.3) is 0 Å². The van der Waals surface area contributed by atoms with Crippen LogP contribution < -0.4 is 11.1 Å². The van der Waals surface area contributed by atoms with Crippen LogP contribution in [0.3, 0.4) is 0 Å². The van der Waals surface area contributed by atoms with Crippen LogP contribution in [0.2, 0.25) is 0 Å². The first-order valence-corrected chi connectivity index (χ1v) is 6.99. The number of carbonyl (C=O) groups is 1. The van der Waals surface area contributed by atoms with Crippen LogP contribution in [0.5, 0.6) is 0 Å². The van der Waals surface area contributed by atoms with Crippen LogP contribution in [0, 0.1) is 5.82 Å². The third kappa shape index (κ3) is 7.99. The number of likely N-dealkylation sites (N-methyl/N-ethyl adjacent to an activating group) is 1. The third-order valence-corrected chi connectivity index (χ3v) is 3.09. The molecule has 1 amide bonds. The minimum Gasteiger partial charge on any atom is -0.353 e. The summed E-state index contributed by atoms with van der Waals surface area (Å²) in [6, 6.07) is 6.02. The van der Waals surface area contributed by atoms with Crippen molar-refractivity contribution in [2.75, 3.05) is 20.1 Å². The minimum atomic E-state index is -0.414. The monoisotopic (exact) mass is 317 g/mol. The maximum atomic E-state index is 12.8. The summed E-state index contributed by atoms with van der Waals surface area (Å²) >= 11 is 0. The van der Waals surface area contributed by atoms with E-state index in [0.717, 1.165) is 25.1 Å². The molecule has 6 heteroatoms. The highest BCUT2D eigenvalue weighted by atomic mass is 35.5. The lowest BCUT2D eigenvalue weighted by Crippen LogP contribution is -2.43. The van der Waals surface area contributed by atoms with Gasteiger partial charge in [-0.1, -0.05) is 25.5 Å². The van der Waals surface area contributed by atoms with E-state index in [4.69, 9.17) is 5.73 Å². The molecule has 0 aliphatic carbocycles. The fraction of sp³-hybridized carbons (Fsp3) is 0.533. The van der Waals surface area contributed by atoms with E-state index in [1.165, 1.54) is 12.1 Å². The maximum Gasteiger partial charge on any atom is 0.236 e.